The number of fused-ring (bicyclic) bond motifs is 3. The van der Waals surface area contributed by atoms with Crippen LogP contribution >= 0.6 is 0 Å². The van der Waals surface area contributed by atoms with Crippen molar-refractivity contribution in [3.8, 4) is 0 Å². The van der Waals surface area contributed by atoms with Crippen LogP contribution in [0.25, 0.3) is 0 Å². The second-order valence-electron chi connectivity index (χ2n) is 8.10. The first-order valence-electron chi connectivity index (χ1n) is 9.34. The predicted octanol–water partition coefficient (Wildman–Crippen LogP) is 3.93. The highest BCUT2D eigenvalue weighted by Gasteiger charge is 2.56. The summed E-state index contributed by atoms with van der Waals surface area (Å²) in [4.78, 5) is 0. The first-order chi connectivity index (χ1) is 11.1. The quantitative estimate of drug-likeness (QED) is 0.791. The predicted molar refractivity (Wildman–Crippen MR) is 101 cm³/mol. The molecule has 124 valence electrons. The molecule has 2 fully saturated rings. The summed E-state index contributed by atoms with van der Waals surface area (Å²) in [6, 6.07) is 0. The van der Waals surface area contributed by atoms with Crippen LogP contribution < -0.4 is 5.32 Å². The fourth-order valence-corrected chi connectivity index (χ4v) is 10.5. The van der Waals surface area contributed by atoms with E-state index in [1.807, 2.05) is 0 Å². The van der Waals surface area contributed by atoms with E-state index < -0.39 is 8.24 Å². The summed E-state index contributed by atoms with van der Waals surface area (Å²) in [7, 11) is -1.54. The molecule has 0 aromatic heterocycles. The Morgan fingerprint density at radius 1 is 0.913 bits per heavy atom. The lowest BCUT2D eigenvalue weighted by atomic mass is 9.83. The van der Waals surface area contributed by atoms with Crippen molar-refractivity contribution >= 4 is 8.24 Å². The lowest BCUT2D eigenvalue weighted by Crippen LogP contribution is -2.57. The van der Waals surface area contributed by atoms with Crippen LogP contribution in [-0.4, -0.2) is 32.1 Å². The molecule has 2 nitrogen and oxygen atoms in total. The maximum absolute atomic E-state index is 3.73. The van der Waals surface area contributed by atoms with E-state index in [1.54, 1.807) is 0 Å². The van der Waals surface area contributed by atoms with Gasteiger partial charge in [-0.05, 0) is 35.6 Å². The average molecular weight is 327 g/mol. The van der Waals surface area contributed by atoms with Gasteiger partial charge in [-0.2, -0.15) is 0 Å². The molecule has 4 unspecified atom stereocenters. The third kappa shape index (κ3) is 2.36. The zero-order valence-electron chi connectivity index (χ0n) is 14.7. The molecule has 0 bridgehead atoms. The maximum atomic E-state index is 3.73. The highest BCUT2D eigenvalue weighted by atomic mass is 28.3. The van der Waals surface area contributed by atoms with Gasteiger partial charge in [0.25, 0.3) is 0 Å². The molecule has 0 amide bonds. The molecule has 4 rings (SSSR count). The largest absolute Gasteiger partial charge is 0.308 e. The van der Waals surface area contributed by atoms with Crippen molar-refractivity contribution in [2.75, 3.05) is 13.1 Å². The Bertz CT molecular complexity index is 540. The highest BCUT2D eigenvalue weighted by Crippen LogP contribution is 2.58. The number of hydrogen-bond acceptors (Lipinski definition) is 2. The molecule has 5 atom stereocenters. The molecular formula is C20H30N2Si. The van der Waals surface area contributed by atoms with E-state index in [9.17, 15) is 0 Å². The minimum atomic E-state index is -1.54. The molecule has 1 saturated heterocycles. The van der Waals surface area contributed by atoms with Crippen molar-refractivity contribution in [1.29, 1.82) is 0 Å². The number of hydrogen-bond donors (Lipinski definition) is 1. The van der Waals surface area contributed by atoms with Gasteiger partial charge in [0.1, 0.15) is 8.24 Å². The molecule has 0 spiro atoms. The number of nitrogens with one attached hydrogen (secondary N) is 1. The van der Waals surface area contributed by atoms with Gasteiger partial charge in [-0.15, -0.1) is 0 Å². The van der Waals surface area contributed by atoms with Crippen molar-refractivity contribution in [3.63, 3.8) is 0 Å². The van der Waals surface area contributed by atoms with Gasteiger partial charge in [-0.1, -0.05) is 68.6 Å². The molecule has 0 radical (unpaired) electrons. The van der Waals surface area contributed by atoms with Gasteiger partial charge < -0.3 is 9.88 Å². The molecule has 1 aliphatic heterocycles. The Balaban J connectivity index is 1.71. The van der Waals surface area contributed by atoms with Crippen LogP contribution in [0.2, 0.25) is 18.6 Å². The second-order valence-corrected chi connectivity index (χ2v) is 12.6. The van der Waals surface area contributed by atoms with Gasteiger partial charge in [0.05, 0.1) is 6.17 Å². The summed E-state index contributed by atoms with van der Waals surface area (Å²) in [5.74, 6) is 2.86. The lowest BCUT2D eigenvalue weighted by Gasteiger charge is -2.45. The van der Waals surface area contributed by atoms with Gasteiger partial charge in [0.15, 0.2) is 0 Å². The summed E-state index contributed by atoms with van der Waals surface area (Å²) in [6.45, 7) is 9.99. The van der Waals surface area contributed by atoms with Crippen LogP contribution in [0.3, 0.4) is 0 Å². The molecule has 4 aliphatic rings. The first-order valence-corrected chi connectivity index (χ1v) is 12.4. The summed E-state index contributed by atoms with van der Waals surface area (Å²) in [5.41, 5.74) is 0.814. The smallest absolute Gasteiger partial charge is 0.128 e. The van der Waals surface area contributed by atoms with E-state index in [4.69, 9.17) is 0 Å². The van der Waals surface area contributed by atoms with Crippen molar-refractivity contribution in [2.45, 2.75) is 38.1 Å². The number of nitrogens with zero attached hydrogens (tertiary/aromatic N) is 1. The van der Waals surface area contributed by atoms with Crippen LogP contribution in [0.15, 0.2) is 48.6 Å². The first kappa shape index (κ1) is 15.6. The Hall–Kier alpha value is -0.903. The molecule has 1 heterocycles. The maximum Gasteiger partial charge on any atom is 0.128 e. The molecule has 0 aromatic carbocycles. The molecular weight excluding hydrogens is 296 g/mol. The van der Waals surface area contributed by atoms with E-state index >= 15 is 0 Å². The summed E-state index contributed by atoms with van der Waals surface area (Å²) in [5, 5.41) is 3.73. The van der Waals surface area contributed by atoms with Crippen molar-refractivity contribution in [2.24, 2.45) is 23.7 Å². The zero-order valence-corrected chi connectivity index (χ0v) is 15.7. The molecule has 23 heavy (non-hydrogen) atoms. The standard InChI is InChI=1S/C20H30N2Si/c1-4-19-21-13-14-22(19)23(2,3)20-17-11-7-5-9-15(17)16-10-6-8-12-18(16)20/h5-12,15-21H,4,13-14H2,1-3H3/t15?,16?,17?,18?,19-,20?/m0/s1. The number of rotatable bonds is 3. The number of allylic oxidation sites excluding steroid dienone is 8. The molecule has 0 aromatic rings. The molecule has 3 heteroatoms. The monoisotopic (exact) mass is 326 g/mol. The third-order valence-corrected chi connectivity index (χ3v) is 11.2. The molecule has 1 saturated carbocycles. The van der Waals surface area contributed by atoms with Gasteiger partial charge >= 0.3 is 0 Å². The SMILES string of the molecule is CC[C@H]1NCCN1[Si](C)(C)C1C2C=CC=CC2C2C=CC=CC21. The molecule has 1 N–H and O–H groups in total. The average Bonchev–Trinajstić information content (AvgIpc) is 3.18. The van der Waals surface area contributed by atoms with Gasteiger partial charge in [0.2, 0.25) is 0 Å². The van der Waals surface area contributed by atoms with E-state index in [1.165, 1.54) is 13.0 Å². The van der Waals surface area contributed by atoms with Crippen LogP contribution in [0.5, 0.6) is 0 Å². The summed E-state index contributed by atoms with van der Waals surface area (Å²) in [6.07, 6.45) is 21.0. The summed E-state index contributed by atoms with van der Waals surface area (Å²) < 4.78 is 2.88. The van der Waals surface area contributed by atoms with Crippen LogP contribution in [0.4, 0.5) is 0 Å². The minimum absolute atomic E-state index is 0.598. The Morgan fingerprint density at radius 3 is 1.96 bits per heavy atom. The zero-order chi connectivity index (χ0) is 16.0. The van der Waals surface area contributed by atoms with Crippen molar-refractivity contribution in [3.05, 3.63) is 48.6 Å². The topological polar surface area (TPSA) is 15.3 Å². The highest BCUT2D eigenvalue weighted by molar-refractivity contribution is 6.76. The lowest BCUT2D eigenvalue weighted by molar-refractivity contribution is 0.342. The van der Waals surface area contributed by atoms with Gasteiger partial charge in [-0.3, -0.25) is 0 Å². The van der Waals surface area contributed by atoms with E-state index in [2.05, 4.69) is 78.5 Å². The second kappa shape index (κ2) is 5.87. The minimum Gasteiger partial charge on any atom is -0.308 e. The third-order valence-electron chi connectivity index (χ3n) is 6.77. The fourth-order valence-electron chi connectivity index (χ4n) is 5.83. The van der Waals surface area contributed by atoms with E-state index in [0.29, 0.717) is 18.0 Å². The fraction of sp³-hybridized carbons (Fsp3) is 0.600. The summed E-state index contributed by atoms with van der Waals surface area (Å²) >= 11 is 0. The van der Waals surface area contributed by atoms with Crippen LogP contribution in [0.1, 0.15) is 13.3 Å². The van der Waals surface area contributed by atoms with E-state index in [-0.39, 0.29) is 0 Å². The Morgan fingerprint density at radius 2 is 1.43 bits per heavy atom. The van der Waals surface area contributed by atoms with Gasteiger partial charge in [0, 0.05) is 13.1 Å². The van der Waals surface area contributed by atoms with E-state index in [0.717, 1.165) is 23.9 Å². The van der Waals surface area contributed by atoms with Crippen molar-refractivity contribution in [1.82, 2.24) is 9.88 Å². The van der Waals surface area contributed by atoms with Crippen LogP contribution in [-0.2, 0) is 0 Å². The molecule has 3 aliphatic carbocycles. The van der Waals surface area contributed by atoms with Crippen molar-refractivity contribution < 1.29 is 0 Å². The Kier molecular flexibility index (Phi) is 3.99. The van der Waals surface area contributed by atoms with Gasteiger partial charge in [-0.25, -0.2) is 0 Å². The van der Waals surface area contributed by atoms with Crippen LogP contribution in [0, 0.1) is 23.7 Å². The normalized spacial score (nSPS) is 42.2. The Labute approximate surface area is 142 Å².